The molecule has 1 N–H and O–H groups in total. The van der Waals surface area contributed by atoms with E-state index in [1.165, 1.54) is 12.0 Å². The maximum Gasteiger partial charge on any atom is 0.0797 e. The maximum absolute atomic E-state index is 10.0. The van der Waals surface area contributed by atoms with E-state index in [1.54, 1.807) is 6.08 Å². The molecule has 0 heterocycles. The Morgan fingerprint density at radius 2 is 2.18 bits per heavy atom. The summed E-state index contributed by atoms with van der Waals surface area (Å²) in [6.45, 7) is 14.3. The minimum absolute atomic E-state index is 0.215. The van der Waals surface area contributed by atoms with Gasteiger partial charge in [0.15, 0.2) is 0 Å². The summed E-state index contributed by atoms with van der Waals surface area (Å²) in [5.41, 5.74) is 0.799. The monoisotopic (exact) mass is 300 g/mol. The zero-order valence-electron chi connectivity index (χ0n) is 11.3. The van der Waals surface area contributed by atoms with Crippen molar-refractivity contribution in [2.75, 3.05) is 0 Å². The Morgan fingerprint density at radius 3 is 2.71 bits per heavy atom. The second-order valence-corrected chi connectivity index (χ2v) is 7.24. The van der Waals surface area contributed by atoms with E-state index in [-0.39, 0.29) is 5.41 Å². The third-order valence-corrected chi connectivity index (χ3v) is 5.93. The molecule has 0 spiro atoms. The van der Waals surface area contributed by atoms with Crippen LogP contribution in [0.5, 0.6) is 0 Å². The van der Waals surface area contributed by atoms with Gasteiger partial charge in [-0.1, -0.05) is 48.0 Å². The van der Waals surface area contributed by atoms with E-state index in [4.69, 9.17) is 0 Å². The van der Waals surface area contributed by atoms with Gasteiger partial charge in [-0.25, -0.2) is 0 Å². The van der Waals surface area contributed by atoms with Crippen molar-refractivity contribution in [3.05, 3.63) is 24.8 Å². The van der Waals surface area contributed by atoms with E-state index in [1.807, 2.05) is 6.92 Å². The largest absolute Gasteiger partial charge is 0.386 e. The number of hydrogen-bond acceptors (Lipinski definition) is 1. The van der Waals surface area contributed by atoms with Crippen LogP contribution >= 0.6 is 15.9 Å². The van der Waals surface area contributed by atoms with Crippen LogP contribution in [0.4, 0.5) is 0 Å². The second-order valence-electron chi connectivity index (χ2n) is 6.14. The minimum atomic E-state index is -0.754. The molecule has 1 nitrogen and oxygen atoms in total. The highest BCUT2D eigenvalue weighted by molar-refractivity contribution is 9.09. The van der Waals surface area contributed by atoms with E-state index >= 15 is 0 Å². The molecule has 1 saturated carbocycles. The quantitative estimate of drug-likeness (QED) is 0.600. The summed E-state index contributed by atoms with van der Waals surface area (Å²) >= 11 is 3.79. The second kappa shape index (κ2) is 5.27. The van der Waals surface area contributed by atoms with E-state index in [0.29, 0.717) is 10.7 Å². The first-order chi connectivity index (χ1) is 7.70. The third kappa shape index (κ3) is 3.45. The first-order valence-electron chi connectivity index (χ1n) is 6.38. The standard InChI is InChI=1S/C15H25BrO/c1-6-15(5,17)10-9-12-11(2)7-8-13(16)14(12,3)4/h6,12-13,17H,1-2,7-10H2,3-5H3/t12?,13-,15?/m0/s1. The van der Waals surface area contributed by atoms with Crippen LogP contribution in [0.25, 0.3) is 0 Å². The highest BCUT2D eigenvalue weighted by Crippen LogP contribution is 2.49. The molecule has 1 fully saturated rings. The molecule has 0 aromatic rings. The number of allylic oxidation sites excluding steroid dienone is 1. The molecule has 1 aliphatic carbocycles. The van der Waals surface area contributed by atoms with Crippen LogP contribution in [0.2, 0.25) is 0 Å². The summed E-state index contributed by atoms with van der Waals surface area (Å²) in [7, 11) is 0. The lowest BCUT2D eigenvalue weighted by Gasteiger charge is -2.45. The molecular formula is C15H25BrO. The van der Waals surface area contributed by atoms with Gasteiger partial charge in [-0.05, 0) is 43.9 Å². The van der Waals surface area contributed by atoms with Crippen molar-refractivity contribution in [3.63, 3.8) is 0 Å². The Kier molecular flexibility index (Phi) is 4.65. The lowest BCUT2D eigenvalue weighted by Crippen LogP contribution is -2.39. The molecule has 1 aliphatic rings. The Hall–Kier alpha value is -0.0800. The SMILES string of the molecule is C=CC(C)(O)CCC1C(=C)CC[C@H](Br)C1(C)C. The van der Waals surface area contributed by atoms with Crippen molar-refractivity contribution in [1.29, 1.82) is 0 Å². The van der Waals surface area contributed by atoms with Gasteiger partial charge in [0.05, 0.1) is 5.60 Å². The van der Waals surface area contributed by atoms with Crippen molar-refractivity contribution < 1.29 is 5.11 Å². The summed E-state index contributed by atoms with van der Waals surface area (Å²) in [5.74, 6) is 0.479. The molecule has 0 amide bonds. The third-order valence-electron chi connectivity index (χ3n) is 4.30. The molecule has 0 aromatic heterocycles. The number of hydrogen-bond donors (Lipinski definition) is 1. The van der Waals surface area contributed by atoms with Crippen LogP contribution < -0.4 is 0 Å². The number of halogens is 1. The van der Waals surface area contributed by atoms with Crippen LogP contribution in [-0.2, 0) is 0 Å². The van der Waals surface area contributed by atoms with Crippen LogP contribution in [0, 0.1) is 11.3 Å². The van der Waals surface area contributed by atoms with E-state index in [2.05, 4.69) is 42.9 Å². The van der Waals surface area contributed by atoms with Gasteiger partial charge in [0, 0.05) is 4.83 Å². The van der Waals surface area contributed by atoms with Gasteiger partial charge in [0.2, 0.25) is 0 Å². The lowest BCUT2D eigenvalue weighted by molar-refractivity contribution is 0.0813. The first kappa shape index (κ1) is 15.0. The molecule has 0 aliphatic heterocycles. The van der Waals surface area contributed by atoms with Crippen LogP contribution in [0.1, 0.15) is 46.5 Å². The highest BCUT2D eigenvalue weighted by Gasteiger charge is 2.41. The molecule has 0 aromatic carbocycles. The fourth-order valence-electron chi connectivity index (χ4n) is 2.72. The van der Waals surface area contributed by atoms with Crippen molar-refractivity contribution >= 4 is 15.9 Å². The van der Waals surface area contributed by atoms with E-state index in [9.17, 15) is 5.11 Å². The molecule has 17 heavy (non-hydrogen) atoms. The van der Waals surface area contributed by atoms with Gasteiger partial charge in [-0.3, -0.25) is 0 Å². The van der Waals surface area contributed by atoms with Crippen LogP contribution in [-0.4, -0.2) is 15.5 Å². The Bertz CT molecular complexity index is 304. The Morgan fingerprint density at radius 1 is 1.59 bits per heavy atom. The summed E-state index contributed by atoms with van der Waals surface area (Å²) in [5, 5.41) is 10.0. The molecule has 2 heteroatoms. The highest BCUT2D eigenvalue weighted by atomic mass is 79.9. The molecule has 0 radical (unpaired) electrons. The molecule has 3 atom stereocenters. The van der Waals surface area contributed by atoms with Gasteiger partial charge in [0.25, 0.3) is 0 Å². The number of aliphatic hydroxyl groups is 1. The average Bonchev–Trinajstić information content (AvgIpc) is 2.23. The van der Waals surface area contributed by atoms with Gasteiger partial charge >= 0.3 is 0 Å². The topological polar surface area (TPSA) is 20.2 Å². The van der Waals surface area contributed by atoms with Gasteiger partial charge in [-0.2, -0.15) is 0 Å². The average molecular weight is 301 g/mol. The zero-order valence-corrected chi connectivity index (χ0v) is 12.9. The molecule has 0 saturated heterocycles. The van der Waals surface area contributed by atoms with Gasteiger partial charge in [0.1, 0.15) is 0 Å². The molecule has 2 unspecified atom stereocenters. The van der Waals surface area contributed by atoms with E-state index < -0.39 is 5.60 Å². The smallest absolute Gasteiger partial charge is 0.0797 e. The molecule has 0 bridgehead atoms. The van der Waals surface area contributed by atoms with Crippen molar-refractivity contribution in [3.8, 4) is 0 Å². The predicted octanol–water partition coefficient (Wildman–Crippen LogP) is 4.46. The number of alkyl halides is 1. The number of rotatable bonds is 4. The molecule has 98 valence electrons. The van der Waals surface area contributed by atoms with E-state index in [0.717, 1.165) is 19.3 Å². The molecular weight excluding hydrogens is 276 g/mol. The lowest BCUT2D eigenvalue weighted by atomic mass is 9.64. The minimum Gasteiger partial charge on any atom is -0.386 e. The summed E-state index contributed by atoms with van der Waals surface area (Å²) in [6.07, 6.45) is 5.63. The zero-order chi connectivity index (χ0) is 13.3. The summed E-state index contributed by atoms with van der Waals surface area (Å²) < 4.78 is 0. The summed E-state index contributed by atoms with van der Waals surface area (Å²) in [4.78, 5) is 0.541. The maximum atomic E-state index is 10.0. The van der Waals surface area contributed by atoms with Crippen molar-refractivity contribution in [2.45, 2.75) is 56.9 Å². The van der Waals surface area contributed by atoms with Crippen molar-refractivity contribution in [1.82, 2.24) is 0 Å². The Balaban J connectivity index is 2.73. The predicted molar refractivity (Wildman–Crippen MR) is 78.4 cm³/mol. The van der Waals surface area contributed by atoms with Crippen LogP contribution in [0.15, 0.2) is 24.8 Å². The first-order valence-corrected chi connectivity index (χ1v) is 7.30. The fourth-order valence-corrected chi connectivity index (χ4v) is 3.27. The fraction of sp³-hybridized carbons (Fsp3) is 0.733. The van der Waals surface area contributed by atoms with Gasteiger partial charge < -0.3 is 5.11 Å². The van der Waals surface area contributed by atoms with Gasteiger partial charge in [-0.15, -0.1) is 6.58 Å². The van der Waals surface area contributed by atoms with Crippen LogP contribution in [0.3, 0.4) is 0 Å². The summed E-state index contributed by atoms with van der Waals surface area (Å²) in [6, 6.07) is 0. The normalized spacial score (nSPS) is 31.9. The van der Waals surface area contributed by atoms with Crippen molar-refractivity contribution in [2.24, 2.45) is 11.3 Å². The molecule has 1 rings (SSSR count). The Labute approximate surface area is 114 Å².